The van der Waals surface area contributed by atoms with Crippen LogP contribution in [-0.2, 0) is 0 Å². The minimum atomic E-state index is 0.889. The maximum Gasteiger partial charge on any atom is 0.143 e. The maximum atomic E-state index is 6.41. The minimum Gasteiger partial charge on any atom is -0.455 e. The van der Waals surface area contributed by atoms with E-state index < -0.39 is 0 Å². The Bertz CT molecular complexity index is 3180. The van der Waals surface area contributed by atoms with Crippen molar-refractivity contribution in [3.05, 3.63) is 180 Å². The average molecular weight is 653 g/mol. The van der Waals surface area contributed by atoms with Gasteiger partial charge in [0.05, 0.1) is 16.7 Å². The summed E-state index contributed by atoms with van der Waals surface area (Å²) in [5.74, 6) is 0.889. The highest BCUT2D eigenvalue weighted by Crippen LogP contribution is 2.39. The predicted octanol–water partition coefficient (Wildman–Crippen LogP) is 11.2. The molecular weight excluding hydrogens is 621 g/mol. The van der Waals surface area contributed by atoms with Crippen LogP contribution in [0, 0.1) is 0 Å². The molecule has 2 aromatic heterocycles. The molecule has 10 rings (SSSR count). The van der Waals surface area contributed by atoms with Gasteiger partial charge in [-0.25, -0.2) is 4.99 Å². The van der Waals surface area contributed by atoms with Crippen molar-refractivity contribution in [2.75, 3.05) is 0 Å². The first kappa shape index (κ1) is 29.2. The molecule has 8 aromatic carbocycles. The van der Waals surface area contributed by atoms with Crippen LogP contribution in [0.2, 0.25) is 0 Å². The first-order valence-electron chi connectivity index (χ1n) is 17.3. The molecule has 3 heteroatoms. The van der Waals surface area contributed by atoms with Gasteiger partial charge in [0.15, 0.2) is 0 Å². The van der Waals surface area contributed by atoms with Gasteiger partial charge in [0.25, 0.3) is 0 Å². The highest BCUT2D eigenvalue weighted by Gasteiger charge is 2.17. The molecule has 10 aromatic rings. The lowest BCUT2D eigenvalue weighted by Crippen LogP contribution is -2.25. The molecule has 0 bridgehead atoms. The van der Waals surface area contributed by atoms with Gasteiger partial charge in [-0.15, -0.1) is 0 Å². The van der Waals surface area contributed by atoms with Crippen molar-refractivity contribution < 1.29 is 4.42 Å². The van der Waals surface area contributed by atoms with Gasteiger partial charge in [0.2, 0.25) is 0 Å². The van der Waals surface area contributed by atoms with Gasteiger partial charge in [-0.05, 0) is 69.6 Å². The lowest BCUT2D eigenvalue weighted by molar-refractivity contribution is 0.670. The predicted molar refractivity (Wildman–Crippen MR) is 216 cm³/mol. The summed E-state index contributed by atoms with van der Waals surface area (Å²) in [5.41, 5.74) is 8.27. The molecule has 0 fully saturated rings. The third-order valence-electron chi connectivity index (χ3n) is 10.3. The van der Waals surface area contributed by atoms with E-state index >= 15 is 0 Å². The standard InChI is InChI=1S/C48H32N2O/c1-30-12-3-6-15-37(30)47(36-23-22-32-13-4-5-14-33(32)28-36)49-31(2)50-43-20-9-7-17-42(43)46-38-26-24-35(29-34(38)25-27-44(46)50)39-18-11-19-41-40-16-8-10-21-45(40)51-48(39)41/h3-29H,1H2,2H3/b47-37-,49-31?. The van der Waals surface area contributed by atoms with Gasteiger partial charge in [-0.2, -0.15) is 0 Å². The van der Waals surface area contributed by atoms with E-state index in [2.05, 4.69) is 164 Å². The molecular formula is C48H32N2O. The van der Waals surface area contributed by atoms with Crippen molar-refractivity contribution in [3.8, 4) is 11.1 Å². The number of furan rings is 1. The number of para-hydroxylation sites is 3. The number of aromatic nitrogens is 1. The zero-order valence-corrected chi connectivity index (χ0v) is 28.1. The van der Waals surface area contributed by atoms with Crippen molar-refractivity contribution in [3.63, 3.8) is 0 Å². The van der Waals surface area contributed by atoms with E-state index in [1.54, 1.807) is 0 Å². The lowest BCUT2D eigenvalue weighted by Gasteiger charge is -2.11. The molecule has 0 N–H and O–H groups in total. The maximum absolute atomic E-state index is 6.41. The van der Waals surface area contributed by atoms with E-state index in [-0.39, 0.29) is 0 Å². The van der Waals surface area contributed by atoms with Crippen molar-refractivity contribution in [2.24, 2.45) is 4.99 Å². The average Bonchev–Trinajstić information content (AvgIpc) is 3.73. The minimum absolute atomic E-state index is 0.889. The summed E-state index contributed by atoms with van der Waals surface area (Å²) in [6.07, 6.45) is 0. The zero-order chi connectivity index (χ0) is 34.1. The van der Waals surface area contributed by atoms with E-state index in [1.165, 1.54) is 32.3 Å². The lowest BCUT2D eigenvalue weighted by atomic mass is 9.97. The van der Waals surface area contributed by atoms with Gasteiger partial charge >= 0.3 is 0 Å². The summed E-state index contributed by atoms with van der Waals surface area (Å²) in [4.78, 5) is 5.45. The van der Waals surface area contributed by atoms with Gasteiger partial charge < -0.3 is 4.42 Å². The van der Waals surface area contributed by atoms with Crippen LogP contribution in [0.15, 0.2) is 173 Å². The summed E-state index contributed by atoms with van der Waals surface area (Å²) in [6.45, 7) is 6.50. The van der Waals surface area contributed by atoms with E-state index in [9.17, 15) is 0 Å². The number of aliphatic imine (C=N–C) groups is 1. The zero-order valence-electron chi connectivity index (χ0n) is 28.1. The second kappa shape index (κ2) is 11.4. The van der Waals surface area contributed by atoms with Crippen LogP contribution in [0.1, 0.15) is 12.5 Å². The molecule has 0 aliphatic heterocycles. The van der Waals surface area contributed by atoms with E-state index in [4.69, 9.17) is 9.41 Å². The molecule has 0 saturated carbocycles. The second-order valence-corrected chi connectivity index (χ2v) is 13.3. The Balaban J connectivity index is 1.18. The third kappa shape index (κ3) is 4.63. The Kier molecular flexibility index (Phi) is 6.55. The highest BCUT2D eigenvalue weighted by molar-refractivity contribution is 6.24. The molecule has 0 unspecified atom stereocenters. The molecule has 51 heavy (non-hydrogen) atoms. The van der Waals surface area contributed by atoms with E-state index in [0.717, 1.165) is 71.6 Å². The molecule has 0 aliphatic carbocycles. The van der Waals surface area contributed by atoms with Crippen LogP contribution in [0.25, 0.3) is 88.7 Å². The van der Waals surface area contributed by atoms with Crippen molar-refractivity contribution in [1.29, 1.82) is 0 Å². The number of hydrogen-bond acceptors (Lipinski definition) is 2. The quantitative estimate of drug-likeness (QED) is 0.138. The van der Waals surface area contributed by atoms with Gasteiger partial charge in [-0.3, -0.25) is 4.57 Å². The monoisotopic (exact) mass is 652 g/mol. The van der Waals surface area contributed by atoms with Crippen LogP contribution < -0.4 is 10.4 Å². The largest absolute Gasteiger partial charge is 0.455 e. The Hall–Kier alpha value is -6.71. The van der Waals surface area contributed by atoms with Gasteiger partial charge in [-0.1, -0.05) is 140 Å². The Morgan fingerprint density at radius 3 is 2.22 bits per heavy atom. The summed E-state index contributed by atoms with van der Waals surface area (Å²) in [7, 11) is 0. The molecule has 0 radical (unpaired) electrons. The smallest absolute Gasteiger partial charge is 0.143 e. The van der Waals surface area contributed by atoms with Crippen LogP contribution in [0.4, 0.5) is 0 Å². The number of benzene rings is 8. The number of rotatable bonds is 3. The fourth-order valence-corrected chi connectivity index (χ4v) is 7.87. The van der Waals surface area contributed by atoms with E-state index in [0.29, 0.717) is 0 Å². The number of hydrogen-bond donors (Lipinski definition) is 0. The fourth-order valence-electron chi connectivity index (χ4n) is 7.87. The number of fused-ring (bicyclic) bond motifs is 9. The molecule has 0 aliphatic rings. The Morgan fingerprint density at radius 1 is 0.569 bits per heavy atom. The molecule has 0 amide bonds. The van der Waals surface area contributed by atoms with E-state index in [1.807, 2.05) is 18.2 Å². The summed E-state index contributed by atoms with van der Waals surface area (Å²) in [5, 5.41) is 11.4. The fraction of sp³-hybridized carbons (Fsp3) is 0.0208. The Morgan fingerprint density at radius 2 is 1.31 bits per heavy atom. The van der Waals surface area contributed by atoms with Crippen LogP contribution >= 0.6 is 0 Å². The third-order valence-corrected chi connectivity index (χ3v) is 10.3. The molecule has 2 heterocycles. The van der Waals surface area contributed by atoms with Crippen LogP contribution in [0.5, 0.6) is 0 Å². The normalized spacial score (nSPS) is 12.9. The molecule has 0 spiro atoms. The summed E-state index contributed by atoms with van der Waals surface area (Å²) in [6, 6.07) is 57.9. The molecule has 0 atom stereocenters. The van der Waals surface area contributed by atoms with Gasteiger partial charge in [0.1, 0.15) is 17.0 Å². The Labute approximate surface area is 294 Å². The summed E-state index contributed by atoms with van der Waals surface area (Å²) < 4.78 is 8.71. The molecule has 0 saturated heterocycles. The van der Waals surface area contributed by atoms with Crippen molar-refractivity contribution >= 4 is 83.4 Å². The van der Waals surface area contributed by atoms with Crippen molar-refractivity contribution in [1.82, 2.24) is 4.57 Å². The first-order valence-corrected chi connectivity index (χ1v) is 17.3. The highest BCUT2D eigenvalue weighted by atomic mass is 16.3. The summed E-state index contributed by atoms with van der Waals surface area (Å²) >= 11 is 0. The van der Waals surface area contributed by atoms with Crippen molar-refractivity contribution in [2.45, 2.75) is 6.92 Å². The van der Waals surface area contributed by atoms with Crippen LogP contribution in [-0.4, -0.2) is 10.4 Å². The van der Waals surface area contributed by atoms with Crippen LogP contribution in [0.3, 0.4) is 0 Å². The topological polar surface area (TPSA) is 30.4 Å². The first-order chi connectivity index (χ1) is 25.1. The SMILES string of the molecule is C=c1cccc/c1=C(/N=C(C)n1c2ccccc2c2c3ccc(-c4cccc5c4oc4ccccc45)cc3ccc21)c1ccc2ccccc2c1. The van der Waals surface area contributed by atoms with Gasteiger partial charge in [0, 0.05) is 37.9 Å². The molecule has 3 nitrogen and oxygen atoms in total. The second-order valence-electron chi connectivity index (χ2n) is 13.3. The molecule has 240 valence electrons. The number of nitrogens with zero attached hydrogens (tertiary/aromatic N) is 2.